The summed E-state index contributed by atoms with van der Waals surface area (Å²) in [7, 11) is 1.63. The van der Waals surface area contributed by atoms with Crippen molar-refractivity contribution in [2.75, 3.05) is 20.4 Å². The number of fused-ring (bicyclic) bond motifs is 1. The zero-order chi connectivity index (χ0) is 19.2. The van der Waals surface area contributed by atoms with Crippen LogP contribution in [0.1, 0.15) is 10.4 Å². The minimum atomic E-state index is -2.93. The Balaban J connectivity index is 1.58. The molecule has 1 aromatic carbocycles. The first-order valence-corrected chi connectivity index (χ1v) is 9.30. The van der Waals surface area contributed by atoms with Crippen molar-refractivity contribution in [3.63, 3.8) is 0 Å². The van der Waals surface area contributed by atoms with Crippen LogP contribution in [0.4, 0.5) is 8.78 Å². The highest BCUT2D eigenvalue weighted by atomic mass is 35.5. The predicted molar refractivity (Wildman–Crippen MR) is 100 cm³/mol. The van der Waals surface area contributed by atoms with Gasteiger partial charge in [0.15, 0.2) is 17.5 Å². The Kier molecular flexibility index (Phi) is 6.57. The van der Waals surface area contributed by atoms with E-state index in [1.54, 1.807) is 13.1 Å². The van der Waals surface area contributed by atoms with E-state index in [4.69, 9.17) is 21.1 Å². The summed E-state index contributed by atoms with van der Waals surface area (Å²) >= 11 is 7.44. The maximum atomic E-state index is 12.7. The summed E-state index contributed by atoms with van der Waals surface area (Å²) in [6.07, 6.45) is 0.794. The van der Waals surface area contributed by atoms with Gasteiger partial charge in [-0.15, -0.1) is 11.3 Å². The molecule has 1 aromatic heterocycles. The Hall–Kier alpha value is -2.26. The fraction of sp³-hybridized carbons (Fsp3) is 0.353. The quantitative estimate of drug-likeness (QED) is 0.532. The topological polar surface area (TPSA) is 64.1 Å². The molecule has 146 valence electrons. The van der Waals surface area contributed by atoms with Crippen LogP contribution in [0.15, 0.2) is 29.3 Å². The van der Waals surface area contributed by atoms with Crippen LogP contribution in [0.5, 0.6) is 17.2 Å². The highest BCUT2D eigenvalue weighted by Gasteiger charge is 2.20. The SMILES string of the molecule is CN=C(NCCc1ccc(Cl)s1)NCc1cc2c(cc1OC(F)F)OCO2. The lowest BCUT2D eigenvalue weighted by molar-refractivity contribution is -0.0505. The Morgan fingerprint density at radius 3 is 2.74 bits per heavy atom. The van der Waals surface area contributed by atoms with Crippen LogP contribution in [0.25, 0.3) is 0 Å². The summed E-state index contributed by atoms with van der Waals surface area (Å²) in [5.41, 5.74) is 0.507. The van der Waals surface area contributed by atoms with E-state index in [1.165, 1.54) is 17.4 Å². The van der Waals surface area contributed by atoms with Crippen molar-refractivity contribution in [3.8, 4) is 17.2 Å². The highest BCUT2D eigenvalue weighted by molar-refractivity contribution is 7.16. The third-order valence-corrected chi connectivity index (χ3v) is 5.03. The molecule has 2 N–H and O–H groups in total. The molecule has 0 amide bonds. The molecule has 0 aliphatic carbocycles. The second-order valence-corrected chi connectivity index (χ2v) is 7.30. The van der Waals surface area contributed by atoms with Crippen molar-refractivity contribution in [3.05, 3.63) is 39.0 Å². The van der Waals surface area contributed by atoms with Gasteiger partial charge in [-0.05, 0) is 24.6 Å². The fourth-order valence-electron chi connectivity index (χ4n) is 2.50. The summed E-state index contributed by atoms with van der Waals surface area (Å²) in [5, 5.41) is 6.24. The number of hydrogen-bond donors (Lipinski definition) is 2. The number of alkyl halides is 2. The monoisotopic (exact) mass is 417 g/mol. The van der Waals surface area contributed by atoms with Gasteiger partial charge < -0.3 is 24.8 Å². The van der Waals surface area contributed by atoms with E-state index in [2.05, 4.69) is 20.4 Å². The van der Waals surface area contributed by atoms with Gasteiger partial charge in [-0.2, -0.15) is 8.78 Å². The van der Waals surface area contributed by atoms with E-state index in [1.807, 2.05) is 12.1 Å². The molecule has 0 saturated heterocycles. The van der Waals surface area contributed by atoms with Gasteiger partial charge in [0, 0.05) is 36.6 Å². The Morgan fingerprint density at radius 1 is 1.30 bits per heavy atom. The third-order valence-electron chi connectivity index (χ3n) is 3.73. The van der Waals surface area contributed by atoms with Gasteiger partial charge in [0.1, 0.15) is 5.75 Å². The summed E-state index contributed by atoms with van der Waals surface area (Å²) in [6.45, 7) is -2.00. The Morgan fingerprint density at radius 2 is 2.07 bits per heavy atom. The average molecular weight is 418 g/mol. The van der Waals surface area contributed by atoms with Gasteiger partial charge in [-0.3, -0.25) is 4.99 Å². The molecule has 0 radical (unpaired) electrons. The van der Waals surface area contributed by atoms with Gasteiger partial charge in [0.2, 0.25) is 6.79 Å². The normalized spacial score (nSPS) is 13.1. The Labute approximate surface area is 164 Å². The smallest absolute Gasteiger partial charge is 0.387 e. The molecule has 3 rings (SSSR count). The number of nitrogens with one attached hydrogen (secondary N) is 2. The Bertz CT molecular complexity index is 817. The number of ether oxygens (including phenoxy) is 3. The van der Waals surface area contributed by atoms with Crippen LogP contribution < -0.4 is 24.8 Å². The van der Waals surface area contributed by atoms with Gasteiger partial charge >= 0.3 is 6.61 Å². The van der Waals surface area contributed by atoms with Crippen molar-refractivity contribution >= 4 is 28.9 Å². The van der Waals surface area contributed by atoms with Gasteiger partial charge in [0.05, 0.1) is 4.34 Å². The first-order valence-electron chi connectivity index (χ1n) is 8.11. The largest absolute Gasteiger partial charge is 0.454 e. The molecule has 27 heavy (non-hydrogen) atoms. The first-order chi connectivity index (χ1) is 13.0. The number of thiophene rings is 1. The van der Waals surface area contributed by atoms with Crippen LogP contribution in [-0.2, 0) is 13.0 Å². The van der Waals surface area contributed by atoms with Crippen LogP contribution >= 0.6 is 22.9 Å². The molecule has 0 unspecified atom stereocenters. The second kappa shape index (κ2) is 9.09. The summed E-state index contributed by atoms with van der Waals surface area (Å²) in [4.78, 5) is 5.29. The maximum Gasteiger partial charge on any atom is 0.387 e. The first kappa shape index (κ1) is 19.5. The van der Waals surface area contributed by atoms with E-state index in [-0.39, 0.29) is 19.1 Å². The third kappa shape index (κ3) is 5.36. The highest BCUT2D eigenvalue weighted by Crippen LogP contribution is 2.38. The van der Waals surface area contributed by atoms with Gasteiger partial charge in [-0.1, -0.05) is 11.6 Å². The van der Waals surface area contributed by atoms with Crippen LogP contribution in [0.2, 0.25) is 4.34 Å². The number of rotatable bonds is 7. The fourth-order valence-corrected chi connectivity index (χ4v) is 3.59. The number of nitrogens with zero attached hydrogens (tertiary/aromatic N) is 1. The van der Waals surface area contributed by atoms with Crippen molar-refractivity contribution in [1.29, 1.82) is 0 Å². The molecule has 10 heteroatoms. The van der Waals surface area contributed by atoms with Crippen LogP contribution in [0, 0.1) is 0 Å². The van der Waals surface area contributed by atoms with Gasteiger partial charge in [0.25, 0.3) is 0 Å². The molecule has 6 nitrogen and oxygen atoms in total. The molecule has 1 aliphatic heterocycles. The zero-order valence-corrected chi connectivity index (χ0v) is 16.0. The lowest BCUT2D eigenvalue weighted by Gasteiger charge is -2.15. The molecule has 2 aromatic rings. The van der Waals surface area contributed by atoms with Crippen molar-refractivity contribution in [2.24, 2.45) is 4.99 Å². The minimum Gasteiger partial charge on any atom is -0.454 e. The predicted octanol–water partition coefficient (Wildman–Crippen LogP) is 3.64. The number of aliphatic imine (C=N–C) groups is 1. The molecular formula is C17H18ClF2N3O3S. The average Bonchev–Trinajstić information content (AvgIpc) is 3.25. The summed E-state index contributed by atoms with van der Waals surface area (Å²) in [5.74, 6) is 1.45. The number of benzene rings is 1. The van der Waals surface area contributed by atoms with E-state index >= 15 is 0 Å². The number of hydrogen-bond acceptors (Lipinski definition) is 5. The molecular weight excluding hydrogens is 400 g/mol. The number of guanidine groups is 1. The molecule has 0 atom stereocenters. The molecule has 0 spiro atoms. The molecule has 2 heterocycles. The number of halogens is 3. The second-order valence-electron chi connectivity index (χ2n) is 5.50. The molecule has 0 bridgehead atoms. The van der Waals surface area contributed by atoms with Crippen molar-refractivity contribution in [1.82, 2.24) is 10.6 Å². The van der Waals surface area contributed by atoms with Gasteiger partial charge in [-0.25, -0.2) is 0 Å². The summed E-state index contributed by atoms with van der Waals surface area (Å²) in [6, 6.07) is 6.86. The standard InChI is InChI=1S/C17H18ClF2N3O3S/c1-21-17(22-5-4-11-2-3-15(18)27-11)23-8-10-6-13-14(25-9-24-13)7-12(10)26-16(19)20/h2-3,6-7,16H,4-5,8-9H2,1H3,(H2,21,22,23). The maximum absolute atomic E-state index is 12.7. The molecule has 1 aliphatic rings. The van der Waals surface area contributed by atoms with E-state index in [0.29, 0.717) is 29.6 Å². The van der Waals surface area contributed by atoms with E-state index < -0.39 is 6.61 Å². The summed E-state index contributed by atoms with van der Waals surface area (Å²) < 4.78 is 41.2. The van der Waals surface area contributed by atoms with Crippen molar-refractivity contribution in [2.45, 2.75) is 19.6 Å². The van der Waals surface area contributed by atoms with Crippen LogP contribution in [0.3, 0.4) is 0 Å². The van der Waals surface area contributed by atoms with Crippen molar-refractivity contribution < 1.29 is 23.0 Å². The van der Waals surface area contributed by atoms with E-state index in [9.17, 15) is 8.78 Å². The molecule has 0 fully saturated rings. The lowest BCUT2D eigenvalue weighted by atomic mass is 10.1. The minimum absolute atomic E-state index is 0.0328. The van der Waals surface area contributed by atoms with E-state index in [0.717, 1.165) is 15.6 Å². The molecule has 0 saturated carbocycles. The lowest BCUT2D eigenvalue weighted by Crippen LogP contribution is -2.37. The zero-order valence-electron chi connectivity index (χ0n) is 14.4. The van der Waals surface area contributed by atoms with Crippen LogP contribution in [-0.4, -0.2) is 33.0 Å².